The van der Waals surface area contributed by atoms with Gasteiger partial charge in [0.2, 0.25) is 0 Å². The zero-order chi connectivity index (χ0) is 14.8. The van der Waals surface area contributed by atoms with Gasteiger partial charge in [0, 0.05) is 12.0 Å². The fraction of sp³-hybridized carbons (Fsp3) is 0.375. The number of rotatable bonds is 3. The number of nitrogens with one attached hydrogen (secondary N) is 1. The van der Waals surface area contributed by atoms with Crippen molar-refractivity contribution in [2.75, 3.05) is 0 Å². The minimum Gasteiger partial charge on any atom is -0.347 e. The van der Waals surface area contributed by atoms with Crippen LogP contribution in [0.25, 0.3) is 0 Å². The highest BCUT2D eigenvalue weighted by atomic mass is 32.1. The van der Waals surface area contributed by atoms with Gasteiger partial charge in [-0.15, -0.1) is 11.3 Å². The van der Waals surface area contributed by atoms with Crippen molar-refractivity contribution in [1.82, 2.24) is 10.3 Å². The third kappa shape index (κ3) is 3.90. The van der Waals surface area contributed by atoms with Crippen molar-refractivity contribution >= 4 is 17.2 Å². The Bertz CT molecular complexity index is 597. The summed E-state index contributed by atoms with van der Waals surface area (Å²) < 4.78 is 0. The molecule has 1 aromatic carbocycles. The van der Waals surface area contributed by atoms with Crippen LogP contribution in [-0.2, 0) is 6.42 Å². The second-order valence-corrected chi connectivity index (χ2v) is 6.97. The van der Waals surface area contributed by atoms with E-state index in [1.165, 1.54) is 16.9 Å². The predicted molar refractivity (Wildman–Crippen MR) is 83.3 cm³/mol. The Morgan fingerprint density at radius 1 is 1.25 bits per heavy atom. The highest BCUT2D eigenvalue weighted by Gasteiger charge is 2.20. The first-order valence-electron chi connectivity index (χ1n) is 6.68. The third-order valence-electron chi connectivity index (χ3n) is 2.73. The topological polar surface area (TPSA) is 42.0 Å². The summed E-state index contributed by atoms with van der Waals surface area (Å²) in [5.74, 6) is -0.0354. The predicted octanol–water partition coefficient (Wildman–Crippen LogP) is 3.57. The van der Waals surface area contributed by atoms with Gasteiger partial charge in [-0.2, -0.15) is 0 Å². The first-order chi connectivity index (χ1) is 9.35. The normalized spacial score (nSPS) is 11.4. The van der Waals surface area contributed by atoms with E-state index in [2.05, 4.69) is 22.4 Å². The Labute approximate surface area is 124 Å². The number of benzene rings is 1. The minimum absolute atomic E-state index is 0.0354. The summed E-state index contributed by atoms with van der Waals surface area (Å²) in [6, 6.07) is 10.2. The molecule has 0 aliphatic rings. The molecule has 1 amide bonds. The van der Waals surface area contributed by atoms with Gasteiger partial charge < -0.3 is 5.32 Å². The number of thiazole rings is 1. The molecular formula is C16H20N2OS. The number of nitrogens with zero attached hydrogens (tertiary/aromatic N) is 1. The molecule has 0 aliphatic carbocycles. The lowest BCUT2D eigenvalue weighted by atomic mass is 10.1. The molecule has 0 spiro atoms. The molecule has 2 rings (SSSR count). The number of amides is 1. The van der Waals surface area contributed by atoms with Gasteiger partial charge in [0.25, 0.3) is 5.91 Å². The molecule has 0 aliphatic heterocycles. The molecule has 4 heteroatoms. The van der Waals surface area contributed by atoms with E-state index < -0.39 is 0 Å². The Hall–Kier alpha value is -1.68. The zero-order valence-electron chi connectivity index (χ0n) is 12.4. The number of carbonyl (C=O) groups is 1. The lowest BCUT2D eigenvalue weighted by Gasteiger charge is -2.19. The van der Waals surface area contributed by atoms with Crippen LogP contribution in [0, 0.1) is 6.92 Å². The first-order valence-corrected chi connectivity index (χ1v) is 7.49. The van der Waals surface area contributed by atoms with Crippen molar-refractivity contribution in [2.24, 2.45) is 0 Å². The van der Waals surface area contributed by atoms with Crippen LogP contribution in [0.2, 0.25) is 0 Å². The van der Waals surface area contributed by atoms with Gasteiger partial charge in [-0.05, 0) is 33.3 Å². The van der Waals surface area contributed by atoms with Crippen LogP contribution < -0.4 is 5.32 Å². The summed E-state index contributed by atoms with van der Waals surface area (Å²) in [6.45, 7) is 7.83. The molecule has 0 saturated carbocycles. The van der Waals surface area contributed by atoms with Gasteiger partial charge >= 0.3 is 0 Å². The van der Waals surface area contributed by atoms with Gasteiger partial charge in [-0.3, -0.25) is 4.79 Å². The van der Waals surface area contributed by atoms with E-state index in [9.17, 15) is 4.79 Å². The SMILES string of the molecule is Cc1nc(Cc2ccccc2)sc1C(=O)NC(C)(C)C. The Morgan fingerprint density at radius 2 is 1.90 bits per heavy atom. The van der Waals surface area contributed by atoms with Crippen LogP contribution in [0.15, 0.2) is 30.3 Å². The summed E-state index contributed by atoms with van der Waals surface area (Å²) >= 11 is 1.48. The Kier molecular flexibility index (Phi) is 4.23. The summed E-state index contributed by atoms with van der Waals surface area (Å²) in [4.78, 5) is 17.4. The lowest BCUT2D eigenvalue weighted by molar-refractivity contribution is 0.0923. The molecule has 3 nitrogen and oxygen atoms in total. The zero-order valence-corrected chi connectivity index (χ0v) is 13.2. The van der Waals surface area contributed by atoms with E-state index in [1.54, 1.807) is 0 Å². The van der Waals surface area contributed by atoms with E-state index in [1.807, 2.05) is 45.9 Å². The molecule has 0 fully saturated rings. The van der Waals surface area contributed by atoms with Gasteiger partial charge in [0.05, 0.1) is 10.7 Å². The Balaban J connectivity index is 2.15. The highest BCUT2D eigenvalue weighted by molar-refractivity contribution is 7.13. The standard InChI is InChI=1S/C16H20N2OS/c1-11-14(15(19)18-16(2,3)4)20-13(17-11)10-12-8-6-5-7-9-12/h5-9H,10H2,1-4H3,(H,18,19). The van der Waals surface area contributed by atoms with E-state index in [-0.39, 0.29) is 11.4 Å². The number of hydrogen-bond acceptors (Lipinski definition) is 3. The molecule has 20 heavy (non-hydrogen) atoms. The fourth-order valence-electron chi connectivity index (χ4n) is 1.91. The molecule has 0 atom stereocenters. The smallest absolute Gasteiger partial charge is 0.263 e. The largest absolute Gasteiger partial charge is 0.347 e. The van der Waals surface area contributed by atoms with Gasteiger partial charge in [-0.1, -0.05) is 30.3 Å². The van der Waals surface area contributed by atoms with E-state index >= 15 is 0 Å². The maximum atomic E-state index is 12.2. The fourth-order valence-corrected chi connectivity index (χ4v) is 2.90. The average molecular weight is 288 g/mol. The maximum Gasteiger partial charge on any atom is 0.263 e. The van der Waals surface area contributed by atoms with E-state index in [4.69, 9.17) is 0 Å². The van der Waals surface area contributed by atoms with Crippen molar-refractivity contribution < 1.29 is 4.79 Å². The van der Waals surface area contributed by atoms with Crippen LogP contribution in [0.5, 0.6) is 0 Å². The van der Waals surface area contributed by atoms with Crippen molar-refractivity contribution in [3.8, 4) is 0 Å². The molecule has 0 unspecified atom stereocenters. The van der Waals surface area contributed by atoms with Gasteiger partial charge in [0.15, 0.2) is 0 Å². The molecule has 1 heterocycles. The summed E-state index contributed by atoms with van der Waals surface area (Å²) in [5, 5.41) is 3.96. The summed E-state index contributed by atoms with van der Waals surface area (Å²) in [6.07, 6.45) is 0.773. The molecule has 1 N–H and O–H groups in total. The third-order valence-corrected chi connectivity index (χ3v) is 3.89. The maximum absolute atomic E-state index is 12.2. The second kappa shape index (κ2) is 5.75. The number of carbonyl (C=O) groups excluding carboxylic acids is 1. The summed E-state index contributed by atoms with van der Waals surface area (Å²) in [7, 11) is 0. The number of aromatic nitrogens is 1. The van der Waals surface area contributed by atoms with E-state index in [0.717, 1.165) is 17.1 Å². The molecule has 0 saturated heterocycles. The van der Waals surface area contributed by atoms with Crippen LogP contribution in [0.4, 0.5) is 0 Å². The second-order valence-electron chi connectivity index (χ2n) is 5.89. The monoisotopic (exact) mass is 288 g/mol. The number of aryl methyl sites for hydroxylation is 1. The van der Waals surface area contributed by atoms with Crippen molar-refractivity contribution in [2.45, 2.75) is 39.7 Å². The van der Waals surface area contributed by atoms with Crippen LogP contribution >= 0.6 is 11.3 Å². The van der Waals surface area contributed by atoms with Gasteiger partial charge in [0.1, 0.15) is 4.88 Å². The molecule has 2 aromatic rings. The molecule has 0 radical (unpaired) electrons. The minimum atomic E-state index is -0.229. The van der Waals surface area contributed by atoms with Crippen molar-refractivity contribution in [1.29, 1.82) is 0 Å². The molecule has 1 aromatic heterocycles. The average Bonchev–Trinajstić information content (AvgIpc) is 2.69. The van der Waals surface area contributed by atoms with Gasteiger partial charge in [-0.25, -0.2) is 4.98 Å². The van der Waals surface area contributed by atoms with Crippen LogP contribution in [0.1, 0.15) is 46.7 Å². The van der Waals surface area contributed by atoms with Crippen LogP contribution in [0.3, 0.4) is 0 Å². The summed E-state index contributed by atoms with van der Waals surface area (Å²) in [5.41, 5.74) is 1.79. The van der Waals surface area contributed by atoms with Crippen LogP contribution in [-0.4, -0.2) is 16.4 Å². The van der Waals surface area contributed by atoms with E-state index in [0.29, 0.717) is 4.88 Å². The first kappa shape index (κ1) is 14.7. The van der Waals surface area contributed by atoms with Crippen molar-refractivity contribution in [3.05, 3.63) is 51.5 Å². The molecule has 0 bridgehead atoms. The Morgan fingerprint density at radius 3 is 2.50 bits per heavy atom. The number of hydrogen-bond donors (Lipinski definition) is 1. The lowest BCUT2D eigenvalue weighted by Crippen LogP contribution is -2.40. The van der Waals surface area contributed by atoms with Crippen molar-refractivity contribution in [3.63, 3.8) is 0 Å². The highest BCUT2D eigenvalue weighted by Crippen LogP contribution is 2.21. The molecular weight excluding hydrogens is 268 g/mol. The molecule has 106 valence electrons. The quantitative estimate of drug-likeness (QED) is 0.938.